The van der Waals surface area contributed by atoms with Crippen LogP contribution in [-0.2, 0) is 4.79 Å². The molecule has 0 aromatic rings. The largest absolute Gasteiger partial charge is 0.395 e. The molecule has 1 heterocycles. The number of carbonyl (C=O) groups is 1. The molecule has 0 aliphatic carbocycles. The molecule has 17 heavy (non-hydrogen) atoms. The third-order valence-corrected chi connectivity index (χ3v) is 3.10. The molecule has 0 aromatic carbocycles. The van der Waals surface area contributed by atoms with Gasteiger partial charge in [0, 0.05) is 32.1 Å². The Morgan fingerprint density at radius 1 is 1.41 bits per heavy atom. The first-order valence-corrected chi connectivity index (χ1v) is 6.40. The van der Waals surface area contributed by atoms with Gasteiger partial charge < -0.3 is 20.2 Å². The summed E-state index contributed by atoms with van der Waals surface area (Å²) in [5.74, 6) is 0.140. The van der Waals surface area contributed by atoms with Gasteiger partial charge in [0.15, 0.2) is 0 Å². The minimum atomic E-state index is 0.0421. The second-order valence-corrected chi connectivity index (χ2v) is 4.91. The van der Waals surface area contributed by atoms with E-state index in [1.54, 1.807) is 4.90 Å². The van der Waals surface area contributed by atoms with E-state index < -0.39 is 0 Å². The van der Waals surface area contributed by atoms with Crippen LogP contribution >= 0.6 is 0 Å². The van der Waals surface area contributed by atoms with Crippen LogP contribution < -0.4 is 5.32 Å². The van der Waals surface area contributed by atoms with Gasteiger partial charge >= 0.3 is 0 Å². The highest BCUT2D eigenvalue weighted by Crippen LogP contribution is 2.08. The molecular formula is C12H25N3O2. The summed E-state index contributed by atoms with van der Waals surface area (Å²) in [4.78, 5) is 15.8. The summed E-state index contributed by atoms with van der Waals surface area (Å²) < 4.78 is 0. The van der Waals surface area contributed by atoms with Gasteiger partial charge in [-0.1, -0.05) is 0 Å². The molecule has 0 spiro atoms. The van der Waals surface area contributed by atoms with Gasteiger partial charge in [-0.2, -0.15) is 0 Å². The minimum absolute atomic E-state index is 0.0421. The third-order valence-electron chi connectivity index (χ3n) is 3.10. The predicted octanol–water partition coefficient (Wildman–Crippen LogP) is -0.489. The lowest BCUT2D eigenvalue weighted by Crippen LogP contribution is -2.43. The number of hydrogen-bond acceptors (Lipinski definition) is 4. The molecule has 0 bridgehead atoms. The van der Waals surface area contributed by atoms with Crippen LogP contribution in [0.4, 0.5) is 0 Å². The number of nitrogens with zero attached hydrogens (tertiary/aromatic N) is 2. The maximum absolute atomic E-state index is 12.0. The van der Waals surface area contributed by atoms with Gasteiger partial charge in [-0.25, -0.2) is 0 Å². The zero-order chi connectivity index (χ0) is 12.7. The minimum Gasteiger partial charge on any atom is -0.395 e. The molecule has 0 saturated carbocycles. The summed E-state index contributed by atoms with van der Waals surface area (Å²) >= 11 is 0. The van der Waals surface area contributed by atoms with Gasteiger partial charge in [0.05, 0.1) is 6.61 Å². The fourth-order valence-corrected chi connectivity index (χ4v) is 2.09. The molecule has 2 N–H and O–H groups in total. The van der Waals surface area contributed by atoms with Crippen LogP contribution in [0.2, 0.25) is 0 Å². The van der Waals surface area contributed by atoms with E-state index in [0.717, 1.165) is 26.1 Å². The van der Waals surface area contributed by atoms with Crippen molar-refractivity contribution in [1.82, 2.24) is 15.1 Å². The number of rotatable bonds is 7. The molecule has 5 heteroatoms. The quantitative estimate of drug-likeness (QED) is 0.633. The van der Waals surface area contributed by atoms with Gasteiger partial charge in [-0.3, -0.25) is 4.79 Å². The number of aliphatic hydroxyl groups excluding tert-OH is 1. The topological polar surface area (TPSA) is 55.8 Å². The average molecular weight is 243 g/mol. The van der Waals surface area contributed by atoms with E-state index in [1.807, 2.05) is 19.0 Å². The van der Waals surface area contributed by atoms with Crippen molar-refractivity contribution < 1.29 is 9.90 Å². The van der Waals surface area contributed by atoms with Crippen LogP contribution in [0.3, 0.4) is 0 Å². The van der Waals surface area contributed by atoms with Crippen LogP contribution in [0, 0.1) is 0 Å². The van der Waals surface area contributed by atoms with Crippen molar-refractivity contribution >= 4 is 5.91 Å². The zero-order valence-electron chi connectivity index (χ0n) is 11.0. The van der Waals surface area contributed by atoms with Crippen molar-refractivity contribution in [2.45, 2.75) is 25.3 Å². The Morgan fingerprint density at radius 2 is 2.18 bits per heavy atom. The van der Waals surface area contributed by atoms with Crippen molar-refractivity contribution in [3.8, 4) is 0 Å². The number of aliphatic hydroxyl groups is 1. The van der Waals surface area contributed by atoms with E-state index in [9.17, 15) is 4.79 Å². The standard InChI is InChI=1S/C12H25N3O2/c1-14(2)7-5-12(17)15(8-9-16)10-11-4-3-6-13-11/h11,13,16H,3-10H2,1-2H3. The van der Waals surface area contributed by atoms with Crippen molar-refractivity contribution in [3.63, 3.8) is 0 Å². The average Bonchev–Trinajstić information content (AvgIpc) is 2.78. The van der Waals surface area contributed by atoms with E-state index in [-0.39, 0.29) is 12.5 Å². The molecule has 100 valence electrons. The maximum Gasteiger partial charge on any atom is 0.223 e. The van der Waals surface area contributed by atoms with E-state index in [1.165, 1.54) is 6.42 Å². The summed E-state index contributed by atoms with van der Waals surface area (Å²) in [6.07, 6.45) is 2.84. The highest BCUT2D eigenvalue weighted by atomic mass is 16.3. The van der Waals surface area contributed by atoms with E-state index >= 15 is 0 Å². The van der Waals surface area contributed by atoms with Crippen molar-refractivity contribution in [2.75, 3.05) is 46.9 Å². The summed E-state index contributed by atoms with van der Waals surface area (Å²) in [5, 5.41) is 12.4. The first kappa shape index (κ1) is 14.4. The van der Waals surface area contributed by atoms with Crippen LogP contribution in [0.5, 0.6) is 0 Å². The molecule has 1 rings (SSSR count). The van der Waals surface area contributed by atoms with Gasteiger partial charge in [0.2, 0.25) is 5.91 Å². The van der Waals surface area contributed by atoms with Crippen molar-refractivity contribution in [1.29, 1.82) is 0 Å². The molecule has 1 aliphatic rings. The summed E-state index contributed by atoms with van der Waals surface area (Å²) in [6, 6.07) is 0.407. The Hall–Kier alpha value is -0.650. The van der Waals surface area contributed by atoms with Gasteiger partial charge in [0.1, 0.15) is 0 Å². The molecule has 1 saturated heterocycles. The zero-order valence-corrected chi connectivity index (χ0v) is 11.0. The molecule has 1 aliphatic heterocycles. The summed E-state index contributed by atoms with van der Waals surface area (Å²) in [6.45, 7) is 3.03. The number of hydrogen-bond donors (Lipinski definition) is 2. The second kappa shape index (κ2) is 7.63. The van der Waals surface area contributed by atoms with Crippen LogP contribution in [-0.4, -0.2) is 73.7 Å². The smallest absolute Gasteiger partial charge is 0.223 e. The molecule has 1 amide bonds. The third kappa shape index (κ3) is 5.48. The van der Waals surface area contributed by atoms with Gasteiger partial charge in [0.25, 0.3) is 0 Å². The lowest BCUT2D eigenvalue weighted by atomic mass is 10.2. The Bertz CT molecular complexity index is 228. The fraction of sp³-hybridized carbons (Fsp3) is 0.917. The number of nitrogens with one attached hydrogen (secondary N) is 1. The highest BCUT2D eigenvalue weighted by molar-refractivity contribution is 5.76. The van der Waals surface area contributed by atoms with Crippen LogP contribution in [0.15, 0.2) is 0 Å². The molecule has 0 radical (unpaired) electrons. The van der Waals surface area contributed by atoms with E-state index in [0.29, 0.717) is 19.0 Å². The lowest BCUT2D eigenvalue weighted by molar-refractivity contribution is -0.132. The summed E-state index contributed by atoms with van der Waals surface area (Å²) in [5.41, 5.74) is 0. The second-order valence-electron chi connectivity index (χ2n) is 4.91. The van der Waals surface area contributed by atoms with E-state index in [2.05, 4.69) is 5.32 Å². The van der Waals surface area contributed by atoms with Crippen molar-refractivity contribution in [3.05, 3.63) is 0 Å². The monoisotopic (exact) mass is 243 g/mol. The van der Waals surface area contributed by atoms with E-state index in [4.69, 9.17) is 5.11 Å². The van der Waals surface area contributed by atoms with Crippen LogP contribution in [0.25, 0.3) is 0 Å². The normalized spacial score (nSPS) is 19.9. The van der Waals surface area contributed by atoms with Gasteiger partial charge in [-0.15, -0.1) is 0 Å². The predicted molar refractivity (Wildman–Crippen MR) is 67.9 cm³/mol. The highest BCUT2D eigenvalue weighted by Gasteiger charge is 2.20. The first-order chi connectivity index (χ1) is 8.13. The summed E-state index contributed by atoms with van der Waals surface area (Å²) in [7, 11) is 3.92. The van der Waals surface area contributed by atoms with Gasteiger partial charge in [-0.05, 0) is 33.5 Å². The SMILES string of the molecule is CN(C)CCC(=O)N(CCO)CC1CCCN1. The van der Waals surface area contributed by atoms with Crippen molar-refractivity contribution in [2.24, 2.45) is 0 Å². The van der Waals surface area contributed by atoms with Crippen LogP contribution in [0.1, 0.15) is 19.3 Å². The molecule has 5 nitrogen and oxygen atoms in total. The Kier molecular flexibility index (Phi) is 6.47. The maximum atomic E-state index is 12.0. The first-order valence-electron chi connectivity index (χ1n) is 6.40. The molecule has 1 atom stereocenters. The lowest BCUT2D eigenvalue weighted by Gasteiger charge is -2.25. The Labute approximate surface area is 104 Å². The Morgan fingerprint density at radius 3 is 2.71 bits per heavy atom. The molecular weight excluding hydrogens is 218 g/mol. The molecule has 0 aromatic heterocycles. The molecule has 1 unspecified atom stereocenters. The number of carbonyl (C=O) groups excluding carboxylic acids is 1. The fourth-order valence-electron chi connectivity index (χ4n) is 2.09. The number of amides is 1. The molecule has 1 fully saturated rings. The Balaban J connectivity index is 2.37.